The predicted molar refractivity (Wildman–Crippen MR) is 113 cm³/mol. The molecule has 0 aliphatic rings. The van der Waals surface area contributed by atoms with Gasteiger partial charge in [-0.1, -0.05) is 6.92 Å². The van der Waals surface area contributed by atoms with Crippen LogP contribution in [0.1, 0.15) is 29.5 Å². The van der Waals surface area contributed by atoms with Crippen molar-refractivity contribution in [2.45, 2.75) is 26.3 Å². The Balaban J connectivity index is 2.45. The van der Waals surface area contributed by atoms with Gasteiger partial charge in [-0.05, 0) is 70.1 Å². The summed E-state index contributed by atoms with van der Waals surface area (Å²) in [5, 5.41) is 6.72. The third-order valence-electron chi connectivity index (χ3n) is 3.17. The average Bonchev–Trinajstić information content (AvgIpc) is 2.86. The number of primary amides is 2. The van der Waals surface area contributed by atoms with E-state index in [1.54, 1.807) is 0 Å². The number of rotatable bonds is 7. The zero-order valence-electron chi connectivity index (χ0n) is 13.3. The molecule has 0 bridgehead atoms. The molecule has 0 aliphatic carbocycles. The van der Waals surface area contributed by atoms with Crippen LogP contribution in [0.2, 0.25) is 0 Å². The fourth-order valence-electron chi connectivity index (χ4n) is 1.85. The molecule has 2 rings (SSSR count). The van der Waals surface area contributed by atoms with Gasteiger partial charge < -0.3 is 22.1 Å². The Kier molecular flexibility index (Phi) is 6.72. The Morgan fingerprint density at radius 3 is 2.40 bits per heavy atom. The van der Waals surface area contributed by atoms with Crippen molar-refractivity contribution in [1.29, 1.82) is 0 Å². The Labute approximate surface area is 175 Å². The molecule has 0 fully saturated rings. The highest BCUT2D eigenvalue weighted by Gasteiger charge is 2.21. The number of amides is 2. The van der Waals surface area contributed by atoms with Gasteiger partial charge >= 0.3 is 0 Å². The molecule has 6 N–H and O–H groups in total. The number of aromatic nitrogens is 3. The Bertz CT molecular complexity index is 827. The SMILES string of the molecule is CCC(Nc1nc(Nc2snc(C)c2I)c(C(N)=O)nc1I)C(N)=O. The normalized spacial score (nSPS) is 11.8. The third kappa shape index (κ3) is 4.66. The first-order valence-electron chi connectivity index (χ1n) is 7.06. The molecule has 9 nitrogen and oxygen atoms in total. The van der Waals surface area contributed by atoms with E-state index in [9.17, 15) is 9.59 Å². The van der Waals surface area contributed by atoms with Crippen LogP contribution in [0.15, 0.2) is 0 Å². The van der Waals surface area contributed by atoms with Crippen LogP contribution >= 0.6 is 56.7 Å². The van der Waals surface area contributed by atoms with Gasteiger partial charge in [-0.25, -0.2) is 9.97 Å². The van der Waals surface area contributed by atoms with Gasteiger partial charge in [-0.2, -0.15) is 4.37 Å². The zero-order chi connectivity index (χ0) is 18.7. The molecule has 0 aromatic carbocycles. The second-order valence-corrected chi connectivity index (χ2v) is 7.84. The molecule has 2 amide bonds. The number of halogens is 2. The molecule has 2 aromatic heterocycles. The van der Waals surface area contributed by atoms with Gasteiger partial charge in [0.2, 0.25) is 5.91 Å². The van der Waals surface area contributed by atoms with Crippen LogP contribution in [0.5, 0.6) is 0 Å². The van der Waals surface area contributed by atoms with Gasteiger partial charge in [0.15, 0.2) is 17.3 Å². The molecule has 25 heavy (non-hydrogen) atoms. The lowest BCUT2D eigenvalue weighted by Crippen LogP contribution is -2.35. The topological polar surface area (TPSA) is 149 Å². The van der Waals surface area contributed by atoms with E-state index in [2.05, 4.69) is 47.6 Å². The van der Waals surface area contributed by atoms with Crippen LogP contribution in [0, 0.1) is 14.2 Å². The molecule has 0 spiro atoms. The molecule has 1 atom stereocenters. The van der Waals surface area contributed by atoms with E-state index in [-0.39, 0.29) is 11.5 Å². The number of aryl methyl sites for hydroxylation is 1. The summed E-state index contributed by atoms with van der Waals surface area (Å²) in [6, 6.07) is -0.596. The lowest BCUT2D eigenvalue weighted by molar-refractivity contribution is -0.118. The van der Waals surface area contributed by atoms with Gasteiger partial charge in [0.05, 0.1) is 9.26 Å². The van der Waals surface area contributed by atoms with Crippen molar-refractivity contribution >= 4 is 85.2 Å². The summed E-state index contributed by atoms with van der Waals surface area (Å²) in [6.45, 7) is 3.70. The first kappa shape index (κ1) is 20.0. The van der Waals surface area contributed by atoms with E-state index in [1.165, 1.54) is 11.5 Å². The smallest absolute Gasteiger partial charge is 0.271 e. The number of carbonyl (C=O) groups is 2. The van der Waals surface area contributed by atoms with Crippen LogP contribution < -0.4 is 22.1 Å². The molecule has 0 radical (unpaired) electrons. The highest BCUT2D eigenvalue weighted by Crippen LogP contribution is 2.30. The summed E-state index contributed by atoms with van der Waals surface area (Å²) in [5.74, 6) is -0.676. The molecule has 2 heterocycles. The average molecular weight is 587 g/mol. The minimum atomic E-state index is -0.711. The standard InChI is InChI=1S/C13H15I2N7O2S/c1-3-5(9(16)23)18-12-8(15)19-7(10(17)24)11(20-12)21-13-6(14)4(2)22-25-13/h5H,3H2,1-2H3,(H2,16,23)(H2,17,24)(H2,18,20,21). The van der Waals surface area contributed by atoms with E-state index >= 15 is 0 Å². The van der Waals surface area contributed by atoms with Crippen molar-refractivity contribution in [2.75, 3.05) is 10.6 Å². The maximum absolute atomic E-state index is 11.7. The van der Waals surface area contributed by atoms with Gasteiger partial charge in [0.1, 0.15) is 14.7 Å². The number of hydrogen-bond acceptors (Lipinski definition) is 8. The van der Waals surface area contributed by atoms with E-state index in [1.807, 2.05) is 36.4 Å². The first-order valence-corrected chi connectivity index (χ1v) is 9.99. The quantitative estimate of drug-likeness (QED) is 0.362. The number of hydrogen-bond donors (Lipinski definition) is 4. The minimum Gasteiger partial charge on any atom is -0.368 e. The zero-order valence-corrected chi connectivity index (χ0v) is 18.4. The van der Waals surface area contributed by atoms with Gasteiger partial charge in [-0.15, -0.1) is 0 Å². The van der Waals surface area contributed by atoms with Crippen molar-refractivity contribution in [1.82, 2.24) is 14.3 Å². The first-order chi connectivity index (χ1) is 11.7. The summed E-state index contributed by atoms with van der Waals surface area (Å²) in [7, 11) is 0. The lowest BCUT2D eigenvalue weighted by atomic mass is 10.2. The maximum Gasteiger partial charge on any atom is 0.271 e. The Morgan fingerprint density at radius 1 is 1.24 bits per heavy atom. The second kappa shape index (κ2) is 8.39. The van der Waals surface area contributed by atoms with Gasteiger partial charge in [0.25, 0.3) is 5.91 Å². The molecular weight excluding hydrogens is 572 g/mol. The molecule has 0 aliphatic heterocycles. The van der Waals surface area contributed by atoms with Gasteiger partial charge in [0, 0.05) is 0 Å². The number of anilines is 3. The van der Waals surface area contributed by atoms with Crippen LogP contribution in [-0.4, -0.2) is 32.2 Å². The van der Waals surface area contributed by atoms with Crippen molar-refractivity contribution in [3.63, 3.8) is 0 Å². The summed E-state index contributed by atoms with van der Waals surface area (Å²) in [5.41, 5.74) is 11.6. The van der Waals surface area contributed by atoms with E-state index < -0.39 is 17.9 Å². The lowest BCUT2D eigenvalue weighted by Gasteiger charge is -2.16. The van der Waals surface area contributed by atoms with Crippen molar-refractivity contribution in [2.24, 2.45) is 11.5 Å². The van der Waals surface area contributed by atoms with E-state index in [0.717, 1.165) is 14.3 Å². The summed E-state index contributed by atoms with van der Waals surface area (Å²) >= 11 is 5.30. The predicted octanol–water partition coefficient (Wildman–Crippen LogP) is 1.97. The van der Waals surface area contributed by atoms with Crippen LogP contribution in [0.4, 0.5) is 16.6 Å². The molecule has 12 heteroatoms. The second-order valence-electron chi connectivity index (χ2n) is 4.97. The molecular formula is C13H15I2N7O2S. The van der Waals surface area contributed by atoms with Crippen molar-refractivity contribution in [3.8, 4) is 0 Å². The Hall–Kier alpha value is -1.29. The summed E-state index contributed by atoms with van der Waals surface area (Å²) < 4.78 is 5.56. The molecule has 0 saturated heterocycles. The number of nitrogens with one attached hydrogen (secondary N) is 2. The van der Waals surface area contributed by atoms with Crippen molar-refractivity contribution in [3.05, 3.63) is 18.7 Å². The highest BCUT2D eigenvalue weighted by atomic mass is 127. The number of carbonyl (C=O) groups excluding carboxylic acids is 2. The molecule has 2 aromatic rings. The summed E-state index contributed by atoms with van der Waals surface area (Å²) in [4.78, 5) is 31.8. The third-order valence-corrected chi connectivity index (χ3v) is 6.46. The fourth-order valence-corrected chi connectivity index (χ4v) is 3.77. The van der Waals surface area contributed by atoms with E-state index in [4.69, 9.17) is 11.5 Å². The number of nitrogens with zero attached hydrogens (tertiary/aromatic N) is 3. The molecule has 1 unspecified atom stereocenters. The van der Waals surface area contributed by atoms with E-state index in [0.29, 0.717) is 15.9 Å². The monoisotopic (exact) mass is 587 g/mol. The van der Waals surface area contributed by atoms with Crippen LogP contribution in [-0.2, 0) is 4.79 Å². The number of nitrogens with two attached hydrogens (primary N) is 2. The fraction of sp³-hybridized carbons (Fsp3) is 0.308. The Morgan fingerprint density at radius 2 is 1.92 bits per heavy atom. The summed E-state index contributed by atoms with van der Waals surface area (Å²) in [6.07, 6.45) is 0.485. The van der Waals surface area contributed by atoms with Crippen LogP contribution in [0.3, 0.4) is 0 Å². The largest absolute Gasteiger partial charge is 0.368 e. The van der Waals surface area contributed by atoms with Crippen molar-refractivity contribution < 1.29 is 9.59 Å². The molecule has 134 valence electrons. The van der Waals surface area contributed by atoms with Crippen LogP contribution in [0.25, 0.3) is 0 Å². The van der Waals surface area contributed by atoms with Gasteiger partial charge in [-0.3, -0.25) is 9.59 Å². The molecule has 0 saturated carbocycles. The highest BCUT2D eigenvalue weighted by molar-refractivity contribution is 14.1. The minimum absolute atomic E-state index is 0.00364. The maximum atomic E-state index is 11.7.